The summed E-state index contributed by atoms with van der Waals surface area (Å²) in [6, 6.07) is 7.50. The van der Waals surface area contributed by atoms with Crippen LogP contribution in [0.2, 0.25) is 0 Å². The third-order valence-electron chi connectivity index (χ3n) is 3.07. The molecule has 21 heavy (non-hydrogen) atoms. The van der Waals surface area contributed by atoms with Gasteiger partial charge in [-0.15, -0.1) is 0 Å². The third-order valence-corrected chi connectivity index (χ3v) is 3.07. The summed E-state index contributed by atoms with van der Waals surface area (Å²) >= 11 is 0. The van der Waals surface area contributed by atoms with Crippen molar-refractivity contribution in [2.75, 3.05) is 11.9 Å². The molecule has 1 heterocycles. The standard InChI is InChI=1S/C15H15N3O3/c1-17(8-7-13(20)16-10-19)14-12-6-4-3-5-11(12)9-18(2)15(14)21/h3-10H,1-2H3,(H,16,19,20)/b8-7-. The van der Waals surface area contributed by atoms with Gasteiger partial charge in [0.15, 0.2) is 0 Å². The molecule has 6 nitrogen and oxygen atoms in total. The number of aromatic nitrogens is 1. The summed E-state index contributed by atoms with van der Waals surface area (Å²) in [7, 11) is 3.35. The number of nitrogens with zero attached hydrogens (tertiary/aromatic N) is 2. The summed E-state index contributed by atoms with van der Waals surface area (Å²) in [6.07, 6.45) is 4.71. The van der Waals surface area contributed by atoms with Crippen molar-refractivity contribution in [3.05, 3.63) is 53.1 Å². The number of rotatable bonds is 4. The Hall–Kier alpha value is -2.89. The van der Waals surface area contributed by atoms with Gasteiger partial charge in [0.2, 0.25) is 6.41 Å². The third kappa shape index (κ3) is 3.00. The van der Waals surface area contributed by atoms with Gasteiger partial charge in [-0.1, -0.05) is 24.3 Å². The first-order valence-electron chi connectivity index (χ1n) is 6.28. The number of carbonyl (C=O) groups is 2. The second-order valence-electron chi connectivity index (χ2n) is 4.53. The van der Waals surface area contributed by atoms with Crippen LogP contribution in [0, 0.1) is 0 Å². The highest BCUT2D eigenvalue weighted by atomic mass is 16.2. The van der Waals surface area contributed by atoms with E-state index in [4.69, 9.17) is 0 Å². The van der Waals surface area contributed by atoms with E-state index >= 15 is 0 Å². The average Bonchev–Trinajstić information content (AvgIpc) is 2.46. The van der Waals surface area contributed by atoms with Gasteiger partial charge in [0, 0.05) is 43.3 Å². The first-order chi connectivity index (χ1) is 10.0. The topological polar surface area (TPSA) is 71.4 Å². The summed E-state index contributed by atoms with van der Waals surface area (Å²) < 4.78 is 1.49. The number of imide groups is 1. The van der Waals surface area contributed by atoms with Gasteiger partial charge in [-0.25, -0.2) is 0 Å². The zero-order valence-electron chi connectivity index (χ0n) is 11.7. The summed E-state index contributed by atoms with van der Waals surface area (Å²) in [6.45, 7) is 0. The molecule has 0 aliphatic rings. The van der Waals surface area contributed by atoms with Crippen LogP contribution in [0.5, 0.6) is 0 Å². The minimum Gasteiger partial charge on any atom is -0.346 e. The minimum absolute atomic E-state index is 0.170. The van der Waals surface area contributed by atoms with Gasteiger partial charge in [-0.3, -0.25) is 19.7 Å². The molecule has 0 fully saturated rings. The van der Waals surface area contributed by atoms with Crippen LogP contribution in [-0.2, 0) is 16.6 Å². The van der Waals surface area contributed by atoms with Crippen LogP contribution >= 0.6 is 0 Å². The molecule has 0 spiro atoms. The maximum atomic E-state index is 12.3. The number of hydrogen-bond acceptors (Lipinski definition) is 4. The molecule has 2 aromatic rings. The Morgan fingerprint density at radius 2 is 2.05 bits per heavy atom. The molecule has 0 aliphatic heterocycles. The minimum atomic E-state index is -0.547. The van der Waals surface area contributed by atoms with E-state index in [0.717, 1.165) is 10.8 Å². The van der Waals surface area contributed by atoms with Crippen molar-refractivity contribution in [2.24, 2.45) is 7.05 Å². The quantitative estimate of drug-likeness (QED) is 0.665. The molecular formula is C15H15N3O3. The Kier molecular flexibility index (Phi) is 4.18. The largest absolute Gasteiger partial charge is 0.346 e. The van der Waals surface area contributed by atoms with Gasteiger partial charge in [0.1, 0.15) is 5.69 Å². The molecule has 0 atom stereocenters. The van der Waals surface area contributed by atoms with Crippen molar-refractivity contribution in [2.45, 2.75) is 0 Å². The van der Waals surface area contributed by atoms with Crippen molar-refractivity contribution in [3.63, 3.8) is 0 Å². The number of carbonyl (C=O) groups excluding carboxylic acids is 2. The number of benzene rings is 1. The lowest BCUT2D eigenvalue weighted by Gasteiger charge is -2.17. The summed E-state index contributed by atoms with van der Waals surface area (Å²) in [5.74, 6) is -0.547. The smallest absolute Gasteiger partial charge is 0.274 e. The van der Waals surface area contributed by atoms with Crippen molar-refractivity contribution >= 4 is 28.8 Å². The van der Waals surface area contributed by atoms with Gasteiger partial charge in [0.25, 0.3) is 11.5 Å². The highest BCUT2D eigenvalue weighted by Crippen LogP contribution is 2.22. The van der Waals surface area contributed by atoms with E-state index in [0.29, 0.717) is 12.1 Å². The van der Waals surface area contributed by atoms with Crippen LogP contribution in [0.3, 0.4) is 0 Å². The van der Waals surface area contributed by atoms with E-state index in [1.165, 1.54) is 16.8 Å². The van der Waals surface area contributed by atoms with Crippen molar-refractivity contribution in [1.29, 1.82) is 0 Å². The molecule has 0 radical (unpaired) electrons. The van der Waals surface area contributed by atoms with Gasteiger partial charge in [-0.2, -0.15) is 0 Å². The van der Waals surface area contributed by atoms with Crippen molar-refractivity contribution < 1.29 is 9.59 Å². The lowest BCUT2D eigenvalue weighted by Crippen LogP contribution is -2.26. The number of anilines is 1. The monoisotopic (exact) mass is 285 g/mol. The molecule has 2 rings (SSSR count). The Bertz CT molecular complexity index is 777. The second-order valence-corrected chi connectivity index (χ2v) is 4.53. The molecule has 1 aromatic heterocycles. The zero-order valence-corrected chi connectivity index (χ0v) is 11.7. The van der Waals surface area contributed by atoms with Crippen LogP contribution in [0.25, 0.3) is 10.8 Å². The average molecular weight is 285 g/mol. The summed E-state index contributed by atoms with van der Waals surface area (Å²) in [5, 5.41) is 3.72. The fourth-order valence-corrected chi connectivity index (χ4v) is 2.08. The van der Waals surface area contributed by atoms with Crippen molar-refractivity contribution in [1.82, 2.24) is 9.88 Å². The maximum absolute atomic E-state index is 12.3. The molecule has 108 valence electrons. The number of fused-ring (bicyclic) bond motifs is 1. The molecule has 0 saturated heterocycles. The second kappa shape index (κ2) is 6.04. The zero-order chi connectivity index (χ0) is 15.4. The molecular weight excluding hydrogens is 270 g/mol. The molecule has 0 saturated carbocycles. The van der Waals surface area contributed by atoms with Crippen LogP contribution in [0.1, 0.15) is 0 Å². The molecule has 6 heteroatoms. The van der Waals surface area contributed by atoms with Gasteiger partial charge >= 0.3 is 0 Å². The van der Waals surface area contributed by atoms with E-state index < -0.39 is 5.91 Å². The first-order valence-corrected chi connectivity index (χ1v) is 6.28. The van der Waals surface area contributed by atoms with Gasteiger partial charge in [-0.05, 0) is 0 Å². The Labute approximate surface area is 121 Å². The van der Waals surface area contributed by atoms with Crippen LogP contribution in [0.15, 0.2) is 47.5 Å². The van der Waals surface area contributed by atoms with E-state index in [1.807, 2.05) is 29.6 Å². The highest BCUT2D eigenvalue weighted by molar-refractivity contribution is 5.96. The fraction of sp³-hybridized carbons (Fsp3) is 0.133. The van der Waals surface area contributed by atoms with Crippen LogP contribution < -0.4 is 15.8 Å². The SMILES string of the molecule is CN(/C=C\C(=O)NC=O)c1c(=O)n(C)cc2ccccc12. The maximum Gasteiger partial charge on any atom is 0.274 e. The Morgan fingerprint density at radius 1 is 1.33 bits per heavy atom. The number of pyridine rings is 1. The fourth-order valence-electron chi connectivity index (χ4n) is 2.08. The molecule has 0 aliphatic carbocycles. The molecule has 1 N–H and O–H groups in total. The van der Waals surface area contributed by atoms with Gasteiger partial charge in [0.05, 0.1) is 0 Å². The van der Waals surface area contributed by atoms with E-state index in [9.17, 15) is 14.4 Å². The normalized spacial score (nSPS) is 10.8. The molecule has 2 amide bonds. The predicted molar refractivity (Wildman–Crippen MR) is 80.9 cm³/mol. The number of aryl methyl sites for hydroxylation is 1. The lowest BCUT2D eigenvalue weighted by molar-refractivity contribution is -0.121. The molecule has 1 aromatic carbocycles. The number of hydrogen-bond donors (Lipinski definition) is 1. The predicted octanol–water partition coefficient (Wildman–Crippen LogP) is 0.761. The highest BCUT2D eigenvalue weighted by Gasteiger charge is 2.11. The first kappa shape index (κ1) is 14.5. The Balaban J connectivity index is 2.50. The summed E-state index contributed by atoms with van der Waals surface area (Å²) in [5.41, 5.74) is 0.294. The lowest BCUT2D eigenvalue weighted by atomic mass is 10.1. The van der Waals surface area contributed by atoms with Gasteiger partial charge < -0.3 is 9.47 Å². The molecule has 0 unspecified atom stereocenters. The summed E-state index contributed by atoms with van der Waals surface area (Å²) in [4.78, 5) is 35.3. The van der Waals surface area contributed by atoms with E-state index in [1.54, 1.807) is 25.2 Å². The van der Waals surface area contributed by atoms with E-state index in [-0.39, 0.29) is 5.56 Å². The number of amides is 2. The van der Waals surface area contributed by atoms with Crippen LogP contribution in [-0.4, -0.2) is 23.9 Å². The molecule has 0 bridgehead atoms. The number of nitrogens with one attached hydrogen (secondary N) is 1. The van der Waals surface area contributed by atoms with E-state index in [2.05, 4.69) is 0 Å². The Morgan fingerprint density at radius 3 is 2.76 bits per heavy atom. The van der Waals surface area contributed by atoms with Crippen LogP contribution in [0.4, 0.5) is 5.69 Å². The van der Waals surface area contributed by atoms with Crippen molar-refractivity contribution in [3.8, 4) is 0 Å².